The molecule has 0 saturated carbocycles. The van der Waals surface area contributed by atoms with E-state index in [-0.39, 0.29) is 12.1 Å². The van der Waals surface area contributed by atoms with Gasteiger partial charge in [-0.3, -0.25) is 0 Å². The smallest absolute Gasteiger partial charge is 0.0616 e. The van der Waals surface area contributed by atoms with Gasteiger partial charge in [0.2, 0.25) is 0 Å². The van der Waals surface area contributed by atoms with Gasteiger partial charge in [-0.15, -0.1) is 0 Å². The molecule has 2 heteroatoms. The quantitative estimate of drug-likeness (QED) is 0.135. The van der Waals surface area contributed by atoms with Crippen molar-refractivity contribution in [3.63, 3.8) is 0 Å². The molecule has 0 spiro atoms. The van der Waals surface area contributed by atoms with Crippen molar-refractivity contribution in [1.82, 2.24) is 0 Å². The van der Waals surface area contributed by atoms with E-state index in [4.69, 9.17) is 5.73 Å². The van der Waals surface area contributed by atoms with Gasteiger partial charge in [-0.2, -0.15) is 0 Å². The summed E-state index contributed by atoms with van der Waals surface area (Å²) in [6, 6.07) is 0. The topological polar surface area (TPSA) is 46.2 Å². The van der Waals surface area contributed by atoms with E-state index in [1.165, 1.54) is 128 Å². The first-order chi connectivity index (χ1) is 15.6. The van der Waals surface area contributed by atoms with Crippen molar-refractivity contribution >= 4 is 0 Å². The zero-order chi connectivity index (χ0) is 23.9. The van der Waals surface area contributed by atoms with Crippen molar-refractivity contribution in [2.24, 2.45) is 17.6 Å². The number of hydrogen-bond acceptors (Lipinski definition) is 2. The highest BCUT2D eigenvalue weighted by Gasteiger charge is 2.39. The Kier molecular flexibility index (Phi) is 22.6. The zero-order valence-corrected chi connectivity index (χ0v) is 22.9. The second-order valence-corrected chi connectivity index (χ2v) is 10.7. The summed E-state index contributed by atoms with van der Waals surface area (Å²) in [6.07, 6.45) is 29.3. The number of nitrogens with two attached hydrogens (primary N) is 1. The van der Waals surface area contributed by atoms with Crippen molar-refractivity contribution in [1.29, 1.82) is 0 Å². The fourth-order valence-electron chi connectivity index (χ4n) is 5.70. The largest absolute Gasteiger partial charge is 0.394 e. The van der Waals surface area contributed by atoms with Crippen LogP contribution in [0.25, 0.3) is 0 Å². The lowest BCUT2D eigenvalue weighted by atomic mass is 9.69. The molecule has 2 unspecified atom stereocenters. The maximum absolute atomic E-state index is 10.4. The van der Waals surface area contributed by atoms with E-state index >= 15 is 0 Å². The predicted octanol–water partition coefficient (Wildman–Crippen LogP) is 9.57. The molecular weight excluding hydrogens is 390 g/mol. The minimum absolute atomic E-state index is 0.152. The molecule has 2 atom stereocenters. The van der Waals surface area contributed by atoms with E-state index in [9.17, 15) is 5.11 Å². The molecule has 0 saturated heterocycles. The third-order valence-corrected chi connectivity index (χ3v) is 8.09. The van der Waals surface area contributed by atoms with Gasteiger partial charge in [0.25, 0.3) is 0 Å². The summed E-state index contributed by atoms with van der Waals surface area (Å²) < 4.78 is 0. The van der Waals surface area contributed by atoms with E-state index in [0.717, 1.165) is 12.8 Å². The van der Waals surface area contributed by atoms with E-state index in [1.54, 1.807) is 0 Å². The van der Waals surface area contributed by atoms with Gasteiger partial charge in [0, 0.05) is 5.54 Å². The molecule has 0 aliphatic rings. The highest BCUT2D eigenvalue weighted by molar-refractivity contribution is 4.96. The third-order valence-electron chi connectivity index (χ3n) is 8.09. The Morgan fingerprint density at radius 3 is 1.03 bits per heavy atom. The molecule has 0 fully saturated rings. The van der Waals surface area contributed by atoms with Gasteiger partial charge in [0.05, 0.1) is 6.61 Å². The molecule has 0 bridgehead atoms. The highest BCUT2D eigenvalue weighted by atomic mass is 16.3. The van der Waals surface area contributed by atoms with E-state index < -0.39 is 0 Å². The highest BCUT2D eigenvalue weighted by Crippen LogP contribution is 2.35. The number of hydrogen-bond donors (Lipinski definition) is 2. The first kappa shape index (κ1) is 31.9. The minimum Gasteiger partial charge on any atom is -0.394 e. The fraction of sp³-hybridized carbons (Fsp3) is 1.00. The Hall–Kier alpha value is -0.0800. The molecule has 0 aromatic carbocycles. The van der Waals surface area contributed by atoms with Crippen LogP contribution in [0.1, 0.15) is 169 Å². The van der Waals surface area contributed by atoms with Crippen LogP contribution in [0, 0.1) is 11.8 Å². The van der Waals surface area contributed by atoms with E-state index in [1.807, 2.05) is 0 Å². The molecule has 0 radical (unpaired) electrons. The van der Waals surface area contributed by atoms with Crippen LogP contribution in [0.2, 0.25) is 0 Å². The van der Waals surface area contributed by atoms with Crippen LogP contribution in [0.3, 0.4) is 0 Å². The molecule has 194 valence electrons. The summed E-state index contributed by atoms with van der Waals surface area (Å²) in [6.45, 7) is 9.28. The first-order valence-corrected chi connectivity index (χ1v) is 15.0. The summed E-state index contributed by atoms with van der Waals surface area (Å²) in [5.41, 5.74) is 6.59. The average Bonchev–Trinajstić information content (AvgIpc) is 2.81. The van der Waals surface area contributed by atoms with Crippen LogP contribution in [0.4, 0.5) is 0 Å². The lowest BCUT2D eigenvalue weighted by Gasteiger charge is -2.42. The van der Waals surface area contributed by atoms with Crippen molar-refractivity contribution in [3.05, 3.63) is 0 Å². The van der Waals surface area contributed by atoms with Gasteiger partial charge in [0.15, 0.2) is 0 Å². The lowest BCUT2D eigenvalue weighted by Crippen LogP contribution is -2.56. The summed E-state index contributed by atoms with van der Waals surface area (Å²) in [7, 11) is 0. The number of unbranched alkanes of at least 4 members (excludes halogenated alkanes) is 16. The molecule has 3 N–H and O–H groups in total. The Balaban J connectivity index is 4.20. The van der Waals surface area contributed by atoms with Gasteiger partial charge in [-0.25, -0.2) is 0 Å². The molecule has 0 rings (SSSR count). The van der Waals surface area contributed by atoms with Crippen LogP contribution in [-0.2, 0) is 0 Å². The number of aliphatic hydroxyl groups excluding tert-OH is 1. The van der Waals surface area contributed by atoms with E-state index in [2.05, 4.69) is 27.7 Å². The molecular formula is C30H63NO. The zero-order valence-electron chi connectivity index (χ0n) is 22.9. The summed E-state index contributed by atoms with van der Waals surface area (Å²) >= 11 is 0. The van der Waals surface area contributed by atoms with Gasteiger partial charge in [-0.05, 0) is 24.7 Å². The predicted molar refractivity (Wildman–Crippen MR) is 145 cm³/mol. The van der Waals surface area contributed by atoms with Crippen molar-refractivity contribution in [3.8, 4) is 0 Å². The van der Waals surface area contributed by atoms with Crippen molar-refractivity contribution < 1.29 is 5.11 Å². The van der Waals surface area contributed by atoms with Gasteiger partial charge in [-0.1, -0.05) is 156 Å². The third kappa shape index (κ3) is 14.9. The molecule has 0 aliphatic heterocycles. The maximum atomic E-state index is 10.4. The van der Waals surface area contributed by atoms with Crippen LogP contribution in [0.15, 0.2) is 0 Å². The second-order valence-electron chi connectivity index (χ2n) is 10.7. The standard InChI is InChI=1S/C30H63NO/c1-5-9-11-13-15-17-19-21-23-25-28(7-3)30(31,27-32)29(8-4)26-24-22-20-18-16-14-12-10-6-2/h28-29,32H,5-27,31H2,1-4H3. The van der Waals surface area contributed by atoms with Crippen molar-refractivity contribution in [2.45, 2.75) is 174 Å². The van der Waals surface area contributed by atoms with Gasteiger partial charge >= 0.3 is 0 Å². The molecule has 0 heterocycles. The molecule has 2 nitrogen and oxygen atoms in total. The van der Waals surface area contributed by atoms with Crippen LogP contribution in [0.5, 0.6) is 0 Å². The van der Waals surface area contributed by atoms with Crippen LogP contribution < -0.4 is 5.73 Å². The van der Waals surface area contributed by atoms with Gasteiger partial charge in [0.1, 0.15) is 0 Å². The second kappa shape index (κ2) is 22.7. The minimum atomic E-state index is -0.385. The SMILES string of the molecule is CCCCCCCCCCCC(CC)C(N)(CO)C(CC)CCCCCCCCCCC. The Labute approximate surface area is 203 Å². The lowest BCUT2D eigenvalue weighted by molar-refractivity contribution is 0.0668. The summed E-state index contributed by atoms with van der Waals surface area (Å²) in [5.74, 6) is 0.918. The van der Waals surface area contributed by atoms with Crippen LogP contribution >= 0.6 is 0 Å². The Morgan fingerprint density at radius 2 is 0.781 bits per heavy atom. The number of aliphatic hydroxyl groups is 1. The summed E-state index contributed by atoms with van der Waals surface area (Å²) in [4.78, 5) is 0. The molecule has 0 amide bonds. The first-order valence-electron chi connectivity index (χ1n) is 15.0. The number of rotatable bonds is 25. The Morgan fingerprint density at radius 1 is 0.500 bits per heavy atom. The van der Waals surface area contributed by atoms with Crippen molar-refractivity contribution in [2.75, 3.05) is 6.61 Å². The molecule has 0 aromatic rings. The molecule has 0 aromatic heterocycles. The maximum Gasteiger partial charge on any atom is 0.0616 e. The Bertz CT molecular complexity index is 340. The van der Waals surface area contributed by atoms with Gasteiger partial charge < -0.3 is 10.8 Å². The average molecular weight is 454 g/mol. The normalized spacial score (nSPS) is 15.6. The van der Waals surface area contributed by atoms with Crippen LogP contribution in [-0.4, -0.2) is 17.3 Å². The molecule has 32 heavy (non-hydrogen) atoms. The monoisotopic (exact) mass is 453 g/mol. The van der Waals surface area contributed by atoms with E-state index in [0.29, 0.717) is 11.8 Å². The summed E-state index contributed by atoms with van der Waals surface area (Å²) in [5, 5.41) is 10.4. The molecule has 0 aliphatic carbocycles. The fourth-order valence-corrected chi connectivity index (χ4v) is 5.70.